The van der Waals surface area contributed by atoms with Crippen LogP contribution in [0.25, 0.3) is 0 Å². The number of carbonyl (C=O) groups is 1. The summed E-state index contributed by atoms with van der Waals surface area (Å²) >= 11 is 0. The largest absolute Gasteiger partial charge is 0.302 e. The van der Waals surface area contributed by atoms with Crippen molar-refractivity contribution in [3.8, 4) is 0 Å². The van der Waals surface area contributed by atoms with Gasteiger partial charge in [-0.3, -0.25) is 4.79 Å². The maximum Gasteiger partial charge on any atom is 0.135 e. The molecule has 1 rings (SSSR count). The summed E-state index contributed by atoms with van der Waals surface area (Å²) in [5.41, 5.74) is 0. The number of unbranched alkanes of at least 4 members (excludes halogenated alkanes) is 7. The zero-order chi connectivity index (χ0) is 12.3. The Kier molecular flexibility index (Phi) is 8.33. The van der Waals surface area contributed by atoms with Crippen molar-refractivity contribution < 1.29 is 4.79 Å². The molecular formula is C15H29NO. The number of likely N-dealkylation sites (tertiary alicyclic amines) is 1. The highest BCUT2D eigenvalue weighted by Crippen LogP contribution is 2.10. The lowest BCUT2D eigenvalue weighted by Crippen LogP contribution is -2.34. The van der Waals surface area contributed by atoms with Gasteiger partial charge in [-0.25, -0.2) is 0 Å². The van der Waals surface area contributed by atoms with E-state index in [1.807, 2.05) is 0 Å². The molecule has 0 unspecified atom stereocenters. The van der Waals surface area contributed by atoms with E-state index in [1.165, 1.54) is 57.9 Å². The monoisotopic (exact) mass is 239 g/mol. The maximum absolute atomic E-state index is 11.1. The molecule has 0 spiro atoms. The first kappa shape index (κ1) is 14.7. The molecule has 2 heteroatoms. The van der Waals surface area contributed by atoms with Gasteiger partial charge in [-0.2, -0.15) is 0 Å². The highest BCUT2D eigenvalue weighted by molar-refractivity contribution is 5.79. The van der Waals surface area contributed by atoms with Crippen molar-refractivity contribution in [3.05, 3.63) is 0 Å². The molecule has 1 saturated heterocycles. The van der Waals surface area contributed by atoms with E-state index in [1.54, 1.807) is 0 Å². The number of Topliss-reactive ketones (excluding diaryl/α,β-unsaturated/α-hetero) is 1. The summed E-state index contributed by atoms with van der Waals surface area (Å²) in [6, 6.07) is 0. The molecular weight excluding hydrogens is 210 g/mol. The van der Waals surface area contributed by atoms with Crippen molar-refractivity contribution in [2.45, 2.75) is 71.1 Å². The summed E-state index contributed by atoms with van der Waals surface area (Å²) in [6.07, 6.45) is 12.7. The lowest BCUT2D eigenvalue weighted by Gasteiger charge is -2.25. The lowest BCUT2D eigenvalue weighted by molar-refractivity contribution is -0.121. The van der Waals surface area contributed by atoms with Crippen LogP contribution in [0.4, 0.5) is 0 Å². The van der Waals surface area contributed by atoms with Gasteiger partial charge in [0.25, 0.3) is 0 Å². The first-order chi connectivity index (χ1) is 8.33. The van der Waals surface area contributed by atoms with Gasteiger partial charge < -0.3 is 4.90 Å². The highest BCUT2D eigenvalue weighted by atomic mass is 16.1. The van der Waals surface area contributed by atoms with Crippen LogP contribution in [0.1, 0.15) is 71.1 Å². The standard InChI is InChI=1S/C15H29NO/c1-2-3-4-5-6-7-8-9-12-16-13-10-15(17)11-14-16/h2-14H2,1H3. The Morgan fingerprint density at radius 3 is 2.00 bits per heavy atom. The van der Waals surface area contributed by atoms with Gasteiger partial charge in [0, 0.05) is 25.9 Å². The second-order valence-corrected chi connectivity index (χ2v) is 5.36. The van der Waals surface area contributed by atoms with E-state index < -0.39 is 0 Å². The molecule has 0 aromatic rings. The minimum absolute atomic E-state index is 0.456. The van der Waals surface area contributed by atoms with Crippen molar-refractivity contribution in [1.82, 2.24) is 4.90 Å². The fourth-order valence-corrected chi connectivity index (χ4v) is 2.50. The Bertz CT molecular complexity index is 193. The van der Waals surface area contributed by atoms with Gasteiger partial charge in [-0.1, -0.05) is 51.9 Å². The number of rotatable bonds is 9. The Morgan fingerprint density at radius 1 is 0.882 bits per heavy atom. The molecule has 0 radical (unpaired) electrons. The number of hydrogen-bond acceptors (Lipinski definition) is 2. The smallest absolute Gasteiger partial charge is 0.135 e. The molecule has 0 amide bonds. The van der Waals surface area contributed by atoms with Crippen molar-refractivity contribution in [3.63, 3.8) is 0 Å². The lowest BCUT2D eigenvalue weighted by atomic mass is 10.1. The highest BCUT2D eigenvalue weighted by Gasteiger charge is 2.14. The van der Waals surface area contributed by atoms with Crippen LogP contribution in [0, 0.1) is 0 Å². The molecule has 0 bridgehead atoms. The average Bonchev–Trinajstić information content (AvgIpc) is 2.35. The van der Waals surface area contributed by atoms with E-state index >= 15 is 0 Å². The van der Waals surface area contributed by atoms with Crippen molar-refractivity contribution in [1.29, 1.82) is 0 Å². The van der Waals surface area contributed by atoms with Crippen LogP contribution >= 0.6 is 0 Å². The Labute approximate surface area is 107 Å². The van der Waals surface area contributed by atoms with Gasteiger partial charge in [-0.05, 0) is 13.0 Å². The molecule has 1 aliphatic heterocycles. The van der Waals surface area contributed by atoms with E-state index in [0.29, 0.717) is 5.78 Å². The summed E-state index contributed by atoms with van der Waals surface area (Å²) in [6.45, 7) is 5.50. The van der Waals surface area contributed by atoms with E-state index in [4.69, 9.17) is 0 Å². The zero-order valence-corrected chi connectivity index (χ0v) is 11.5. The molecule has 0 saturated carbocycles. The summed E-state index contributed by atoms with van der Waals surface area (Å²) in [5, 5.41) is 0. The minimum Gasteiger partial charge on any atom is -0.302 e. The summed E-state index contributed by atoms with van der Waals surface area (Å²) in [5.74, 6) is 0.456. The van der Waals surface area contributed by atoms with Gasteiger partial charge >= 0.3 is 0 Å². The predicted molar refractivity (Wildman–Crippen MR) is 73.3 cm³/mol. The van der Waals surface area contributed by atoms with Gasteiger partial charge in [0.05, 0.1) is 0 Å². The maximum atomic E-state index is 11.1. The third-order valence-corrected chi connectivity index (χ3v) is 3.74. The number of piperidine rings is 1. The number of hydrogen-bond donors (Lipinski definition) is 0. The topological polar surface area (TPSA) is 20.3 Å². The van der Waals surface area contributed by atoms with Crippen LogP contribution in [0.15, 0.2) is 0 Å². The molecule has 0 aliphatic carbocycles. The second-order valence-electron chi connectivity index (χ2n) is 5.36. The van der Waals surface area contributed by atoms with Crippen molar-refractivity contribution in [2.24, 2.45) is 0 Å². The number of nitrogens with zero attached hydrogens (tertiary/aromatic N) is 1. The number of carbonyl (C=O) groups excluding carboxylic acids is 1. The molecule has 1 aliphatic rings. The van der Waals surface area contributed by atoms with Gasteiger partial charge in [0.2, 0.25) is 0 Å². The van der Waals surface area contributed by atoms with E-state index in [0.717, 1.165) is 25.9 Å². The van der Waals surface area contributed by atoms with E-state index in [-0.39, 0.29) is 0 Å². The molecule has 0 N–H and O–H groups in total. The fourth-order valence-electron chi connectivity index (χ4n) is 2.50. The predicted octanol–water partition coefficient (Wildman–Crippen LogP) is 3.79. The second kappa shape index (κ2) is 9.64. The molecule has 2 nitrogen and oxygen atoms in total. The van der Waals surface area contributed by atoms with Crippen LogP contribution in [-0.2, 0) is 4.79 Å². The number of ketones is 1. The molecule has 0 aromatic heterocycles. The first-order valence-electron chi connectivity index (χ1n) is 7.57. The van der Waals surface area contributed by atoms with Gasteiger partial charge in [0.15, 0.2) is 0 Å². The SMILES string of the molecule is CCCCCCCCCCN1CCC(=O)CC1. The molecule has 0 aromatic carbocycles. The molecule has 1 heterocycles. The zero-order valence-electron chi connectivity index (χ0n) is 11.5. The van der Waals surface area contributed by atoms with Crippen LogP contribution in [0.2, 0.25) is 0 Å². The molecule has 17 heavy (non-hydrogen) atoms. The summed E-state index contributed by atoms with van der Waals surface area (Å²) in [7, 11) is 0. The van der Waals surface area contributed by atoms with Crippen LogP contribution < -0.4 is 0 Å². The Hall–Kier alpha value is -0.370. The molecule has 100 valence electrons. The van der Waals surface area contributed by atoms with Gasteiger partial charge in [0.1, 0.15) is 5.78 Å². The quantitative estimate of drug-likeness (QED) is 0.571. The first-order valence-corrected chi connectivity index (χ1v) is 7.57. The van der Waals surface area contributed by atoms with E-state index in [9.17, 15) is 4.79 Å². The third-order valence-electron chi connectivity index (χ3n) is 3.74. The fraction of sp³-hybridized carbons (Fsp3) is 0.933. The summed E-state index contributed by atoms with van der Waals surface area (Å²) < 4.78 is 0. The molecule has 0 atom stereocenters. The molecule has 1 fully saturated rings. The van der Waals surface area contributed by atoms with Crippen molar-refractivity contribution >= 4 is 5.78 Å². The Balaban J connectivity index is 1.82. The van der Waals surface area contributed by atoms with E-state index in [2.05, 4.69) is 11.8 Å². The van der Waals surface area contributed by atoms with Crippen molar-refractivity contribution in [2.75, 3.05) is 19.6 Å². The summed E-state index contributed by atoms with van der Waals surface area (Å²) in [4.78, 5) is 13.5. The van der Waals surface area contributed by atoms with Crippen LogP contribution in [-0.4, -0.2) is 30.3 Å². The minimum atomic E-state index is 0.456. The van der Waals surface area contributed by atoms with Crippen LogP contribution in [0.3, 0.4) is 0 Å². The Morgan fingerprint density at radius 2 is 1.41 bits per heavy atom. The normalized spacial score (nSPS) is 17.6. The van der Waals surface area contributed by atoms with Crippen LogP contribution in [0.5, 0.6) is 0 Å². The average molecular weight is 239 g/mol. The van der Waals surface area contributed by atoms with Gasteiger partial charge in [-0.15, -0.1) is 0 Å². The third kappa shape index (κ3) is 7.54.